The zero-order valence-corrected chi connectivity index (χ0v) is 18.0. The van der Waals surface area contributed by atoms with Crippen molar-refractivity contribution >= 4 is 21.8 Å². The van der Waals surface area contributed by atoms with Crippen LogP contribution in [0.15, 0.2) is 30.3 Å². The topological polar surface area (TPSA) is 78.0 Å². The second-order valence-electron chi connectivity index (χ2n) is 8.69. The maximum Gasteiger partial charge on any atom is 0.253 e. The Labute approximate surface area is 172 Å². The van der Waals surface area contributed by atoms with Crippen LogP contribution in [0.25, 0.3) is 0 Å². The van der Waals surface area contributed by atoms with E-state index in [9.17, 15) is 18.0 Å². The number of sulfonamides is 1. The normalized spacial score (nSPS) is 27.3. The summed E-state index contributed by atoms with van der Waals surface area (Å²) in [6.45, 7) is 5.04. The van der Waals surface area contributed by atoms with Crippen molar-refractivity contribution in [2.45, 2.75) is 26.2 Å². The molecule has 4 rings (SSSR count). The summed E-state index contributed by atoms with van der Waals surface area (Å²) in [6.07, 6.45) is 3.23. The maximum absolute atomic E-state index is 13.4. The van der Waals surface area contributed by atoms with E-state index in [1.54, 1.807) is 0 Å². The van der Waals surface area contributed by atoms with Crippen LogP contribution in [0.1, 0.15) is 36.5 Å². The average Bonchev–Trinajstić information content (AvgIpc) is 3.21. The minimum atomic E-state index is -3.38. The van der Waals surface area contributed by atoms with Crippen LogP contribution in [0.3, 0.4) is 0 Å². The number of likely N-dealkylation sites (tertiary alicyclic amines) is 2. The number of rotatable bonds is 3. The van der Waals surface area contributed by atoms with Gasteiger partial charge in [-0.05, 0) is 38.3 Å². The van der Waals surface area contributed by atoms with E-state index in [-0.39, 0.29) is 18.4 Å². The van der Waals surface area contributed by atoms with Gasteiger partial charge in [-0.1, -0.05) is 18.2 Å². The van der Waals surface area contributed by atoms with Gasteiger partial charge in [-0.3, -0.25) is 9.59 Å². The van der Waals surface area contributed by atoms with Crippen LogP contribution in [-0.2, 0) is 14.8 Å². The fourth-order valence-corrected chi connectivity index (χ4v) is 6.50. The van der Waals surface area contributed by atoms with Gasteiger partial charge in [-0.2, -0.15) is 0 Å². The van der Waals surface area contributed by atoms with Crippen LogP contribution >= 0.6 is 0 Å². The molecule has 158 valence electrons. The first-order valence-corrected chi connectivity index (χ1v) is 12.2. The molecule has 0 saturated carbocycles. The fourth-order valence-electron chi connectivity index (χ4n) is 5.56. The number of fused-ring (bicyclic) bond motifs is 1. The molecular formula is C21H29N3O4S. The van der Waals surface area contributed by atoms with E-state index in [1.165, 1.54) is 10.6 Å². The van der Waals surface area contributed by atoms with Gasteiger partial charge >= 0.3 is 0 Å². The van der Waals surface area contributed by atoms with Crippen molar-refractivity contribution in [1.29, 1.82) is 0 Å². The van der Waals surface area contributed by atoms with Gasteiger partial charge in [0.25, 0.3) is 5.91 Å². The highest BCUT2D eigenvalue weighted by Gasteiger charge is 2.66. The molecule has 3 aliphatic rings. The lowest BCUT2D eigenvalue weighted by atomic mass is 9.60. The minimum absolute atomic E-state index is 0.000370. The van der Waals surface area contributed by atoms with E-state index < -0.39 is 20.9 Å². The van der Waals surface area contributed by atoms with Gasteiger partial charge < -0.3 is 9.80 Å². The van der Waals surface area contributed by atoms with Crippen molar-refractivity contribution in [3.8, 4) is 0 Å². The van der Waals surface area contributed by atoms with Gasteiger partial charge in [-0.25, -0.2) is 12.7 Å². The predicted octanol–water partition coefficient (Wildman–Crippen LogP) is 1.42. The van der Waals surface area contributed by atoms with Gasteiger partial charge in [0, 0.05) is 50.2 Å². The van der Waals surface area contributed by atoms with Gasteiger partial charge in [0.2, 0.25) is 15.9 Å². The lowest BCUT2D eigenvalue weighted by Gasteiger charge is -2.47. The SMILES string of the molecule is CCN1CCC2(CN(S(C)(=O)=O)CC23CCN(C(=O)c2ccccc2)CC3)C1=O. The van der Waals surface area contributed by atoms with E-state index in [4.69, 9.17) is 0 Å². The Hall–Kier alpha value is -1.93. The molecule has 1 aromatic carbocycles. The summed E-state index contributed by atoms with van der Waals surface area (Å²) in [5, 5.41) is 0. The Bertz CT molecular complexity index is 909. The molecule has 3 heterocycles. The number of benzene rings is 1. The number of piperidine rings is 1. The van der Waals surface area contributed by atoms with E-state index in [0.717, 1.165) is 0 Å². The van der Waals surface area contributed by atoms with Gasteiger partial charge in [0.05, 0.1) is 11.7 Å². The van der Waals surface area contributed by atoms with Crippen molar-refractivity contribution < 1.29 is 18.0 Å². The highest BCUT2D eigenvalue weighted by Crippen LogP contribution is 2.58. The van der Waals surface area contributed by atoms with Crippen molar-refractivity contribution in [1.82, 2.24) is 14.1 Å². The third kappa shape index (κ3) is 3.17. The molecule has 3 aliphatic heterocycles. The summed E-state index contributed by atoms with van der Waals surface area (Å²) >= 11 is 0. The van der Waals surface area contributed by atoms with Crippen LogP contribution in [0, 0.1) is 10.8 Å². The van der Waals surface area contributed by atoms with E-state index in [1.807, 2.05) is 47.1 Å². The summed E-state index contributed by atoms with van der Waals surface area (Å²) in [6, 6.07) is 9.22. The van der Waals surface area contributed by atoms with Crippen molar-refractivity contribution in [3.63, 3.8) is 0 Å². The molecule has 0 aromatic heterocycles. The van der Waals surface area contributed by atoms with E-state index >= 15 is 0 Å². The van der Waals surface area contributed by atoms with Crippen molar-refractivity contribution in [2.75, 3.05) is 45.5 Å². The molecule has 29 heavy (non-hydrogen) atoms. The molecule has 0 aliphatic carbocycles. The largest absolute Gasteiger partial charge is 0.342 e. The second kappa shape index (κ2) is 7.09. The third-order valence-corrected chi connectivity index (χ3v) is 8.52. The van der Waals surface area contributed by atoms with Crippen molar-refractivity contribution in [2.24, 2.45) is 10.8 Å². The van der Waals surface area contributed by atoms with E-state index in [0.29, 0.717) is 57.5 Å². The average molecular weight is 420 g/mol. The number of carbonyl (C=O) groups excluding carboxylic acids is 2. The highest BCUT2D eigenvalue weighted by atomic mass is 32.2. The lowest BCUT2D eigenvalue weighted by Crippen LogP contribution is -2.53. The molecule has 1 unspecified atom stereocenters. The standard InChI is InChI=1S/C21H29N3O4S/c1-3-22-14-11-21(19(22)26)16-24(29(2,27)28)15-20(21)9-12-23(13-10-20)18(25)17-7-5-4-6-8-17/h4-8H,3,9-16H2,1-2H3. The number of nitrogens with zero attached hydrogens (tertiary/aromatic N) is 3. The third-order valence-electron chi connectivity index (χ3n) is 7.32. The molecule has 0 radical (unpaired) electrons. The fraction of sp³-hybridized carbons (Fsp3) is 0.619. The monoisotopic (exact) mass is 419 g/mol. The number of amides is 2. The van der Waals surface area contributed by atoms with E-state index in [2.05, 4.69) is 0 Å². The Morgan fingerprint density at radius 2 is 1.69 bits per heavy atom. The lowest BCUT2D eigenvalue weighted by molar-refractivity contribution is -0.141. The van der Waals surface area contributed by atoms with Crippen molar-refractivity contribution in [3.05, 3.63) is 35.9 Å². The molecular weight excluding hydrogens is 390 g/mol. The first-order valence-electron chi connectivity index (χ1n) is 10.3. The van der Waals surface area contributed by atoms with Crippen LogP contribution < -0.4 is 0 Å². The molecule has 2 amide bonds. The Kier molecular flexibility index (Phi) is 4.98. The molecule has 7 nitrogen and oxygen atoms in total. The highest BCUT2D eigenvalue weighted by molar-refractivity contribution is 7.88. The quantitative estimate of drug-likeness (QED) is 0.742. The Morgan fingerprint density at radius 3 is 2.24 bits per heavy atom. The zero-order valence-electron chi connectivity index (χ0n) is 17.1. The van der Waals surface area contributed by atoms with Gasteiger partial charge in [0.1, 0.15) is 0 Å². The van der Waals surface area contributed by atoms with Gasteiger partial charge in [0.15, 0.2) is 0 Å². The molecule has 0 bridgehead atoms. The summed E-state index contributed by atoms with van der Waals surface area (Å²) < 4.78 is 26.2. The first kappa shape index (κ1) is 20.3. The van der Waals surface area contributed by atoms with Crippen LogP contribution in [0.2, 0.25) is 0 Å². The number of carbonyl (C=O) groups is 2. The number of hydrogen-bond acceptors (Lipinski definition) is 4. The molecule has 8 heteroatoms. The predicted molar refractivity (Wildman–Crippen MR) is 110 cm³/mol. The molecule has 1 atom stereocenters. The zero-order chi connectivity index (χ0) is 20.9. The Balaban J connectivity index is 1.60. The first-order chi connectivity index (χ1) is 13.7. The number of hydrogen-bond donors (Lipinski definition) is 0. The van der Waals surface area contributed by atoms with Crippen LogP contribution in [0.5, 0.6) is 0 Å². The maximum atomic E-state index is 13.4. The summed E-state index contributed by atoms with van der Waals surface area (Å²) in [5.74, 6) is 0.0920. The smallest absolute Gasteiger partial charge is 0.253 e. The second-order valence-corrected chi connectivity index (χ2v) is 10.7. The molecule has 3 fully saturated rings. The Morgan fingerprint density at radius 1 is 1.03 bits per heavy atom. The van der Waals surface area contributed by atoms with Crippen LogP contribution in [0.4, 0.5) is 0 Å². The molecule has 1 aromatic rings. The minimum Gasteiger partial charge on any atom is -0.342 e. The summed E-state index contributed by atoms with van der Waals surface area (Å²) in [7, 11) is -3.38. The molecule has 3 saturated heterocycles. The molecule has 2 spiro atoms. The molecule has 0 N–H and O–H groups in total. The van der Waals surface area contributed by atoms with Gasteiger partial charge in [-0.15, -0.1) is 0 Å². The summed E-state index contributed by atoms with van der Waals surface area (Å²) in [5.41, 5.74) is -0.394. The summed E-state index contributed by atoms with van der Waals surface area (Å²) in [4.78, 5) is 29.9. The van der Waals surface area contributed by atoms with Crippen LogP contribution in [-0.4, -0.2) is 79.9 Å².